The van der Waals surface area contributed by atoms with E-state index in [4.69, 9.17) is 4.74 Å². The number of carbonyl (C=O) groups excluding carboxylic acids is 1. The molecule has 0 fully saturated rings. The van der Waals surface area contributed by atoms with Crippen LogP contribution >= 0.6 is 0 Å². The van der Waals surface area contributed by atoms with Gasteiger partial charge in [0.05, 0.1) is 19.7 Å². The van der Waals surface area contributed by atoms with Crippen molar-refractivity contribution in [1.82, 2.24) is 5.43 Å². The first kappa shape index (κ1) is 15.8. The van der Waals surface area contributed by atoms with Gasteiger partial charge in [-0.3, -0.25) is 4.79 Å². The average Bonchev–Trinajstić information content (AvgIpc) is 2.52. The van der Waals surface area contributed by atoms with Crippen LogP contribution < -0.4 is 10.2 Å². The number of benzene rings is 2. The minimum atomic E-state index is -0.134. The molecule has 0 saturated heterocycles. The molecule has 0 bridgehead atoms. The van der Waals surface area contributed by atoms with Gasteiger partial charge in [0, 0.05) is 0 Å². The van der Waals surface area contributed by atoms with Gasteiger partial charge in [-0.15, -0.1) is 0 Å². The molecule has 0 aliphatic carbocycles. The lowest BCUT2D eigenvalue weighted by Gasteiger charge is -2.09. The Labute approximate surface area is 130 Å². The summed E-state index contributed by atoms with van der Waals surface area (Å²) >= 11 is 0. The van der Waals surface area contributed by atoms with E-state index in [1.54, 1.807) is 13.3 Å². The van der Waals surface area contributed by atoms with E-state index >= 15 is 0 Å². The third-order valence-corrected chi connectivity index (χ3v) is 3.60. The summed E-state index contributed by atoms with van der Waals surface area (Å²) in [4.78, 5) is 11.8. The smallest absolute Gasteiger partial charge is 0.244 e. The number of hydrazone groups is 1. The number of amides is 1. The number of carbonyl (C=O) groups is 1. The maximum absolute atomic E-state index is 11.8. The van der Waals surface area contributed by atoms with Crippen LogP contribution in [-0.2, 0) is 11.2 Å². The second-order valence-corrected chi connectivity index (χ2v) is 5.06. The number of ether oxygens (including phenoxy) is 1. The van der Waals surface area contributed by atoms with Gasteiger partial charge in [0.25, 0.3) is 0 Å². The highest BCUT2D eigenvalue weighted by atomic mass is 16.5. The van der Waals surface area contributed by atoms with Crippen molar-refractivity contribution >= 4 is 12.1 Å². The molecule has 1 N–H and O–H groups in total. The molecule has 0 heterocycles. The van der Waals surface area contributed by atoms with Crippen molar-refractivity contribution in [2.75, 3.05) is 7.11 Å². The molecule has 4 nitrogen and oxygen atoms in total. The van der Waals surface area contributed by atoms with E-state index < -0.39 is 0 Å². The van der Waals surface area contributed by atoms with Crippen molar-refractivity contribution in [2.45, 2.75) is 20.3 Å². The van der Waals surface area contributed by atoms with Crippen molar-refractivity contribution in [3.05, 3.63) is 64.7 Å². The summed E-state index contributed by atoms with van der Waals surface area (Å²) in [7, 11) is 1.65. The number of rotatable bonds is 5. The van der Waals surface area contributed by atoms with Crippen molar-refractivity contribution in [3.63, 3.8) is 0 Å². The molecule has 4 heteroatoms. The zero-order chi connectivity index (χ0) is 15.9. The van der Waals surface area contributed by atoms with E-state index in [1.165, 1.54) is 0 Å². The molecular weight excluding hydrogens is 276 g/mol. The summed E-state index contributed by atoms with van der Waals surface area (Å²) in [5.74, 6) is 0.716. The molecule has 114 valence electrons. The lowest BCUT2D eigenvalue weighted by molar-refractivity contribution is -0.120. The second-order valence-electron chi connectivity index (χ2n) is 5.06. The first-order chi connectivity index (χ1) is 10.6. The molecular formula is C18H20N2O2. The fraction of sp³-hybridized carbons (Fsp3) is 0.222. The molecule has 0 spiro atoms. The number of methoxy groups -OCH3 is 1. The number of nitrogens with zero attached hydrogens (tertiary/aromatic N) is 1. The Bertz CT molecular complexity index is 679. The predicted octanol–water partition coefficient (Wildman–Crippen LogP) is 3.00. The fourth-order valence-electron chi connectivity index (χ4n) is 2.17. The normalized spacial score (nSPS) is 10.7. The summed E-state index contributed by atoms with van der Waals surface area (Å²) in [6.45, 7) is 4.00. The van der Waals surface area contributed by atoms with Crippen molar-refractivity contribution in [3.8, 4) is 5.75 Å². The van der Waals surface area contributed by atoms with E-state index in [1.807, 2.05) is 56.3 Å². The monoisotopic (exact) mass is 296 g/mol. The second kappa shape index (κ2) is 7.41. The van der Waals surface area contributed by atoms with Crippen LogP contribution in [-0.4, -0.2) is 19.2 Å². The van der Waals surface area contributed by atoms with Crippen LogP contribution in [0.3, 0.4) is 0 Å². The Morgan fingerprint density at radius 3 is 2.55 bits per heavy atom. The van der Waals surface area contributed by atoms with Crippen LogP contribution in [0.1, 0.15) is 22.3 Å². The molecule has 2 aromatic carbocycles. The largest absolute Gasteiger partial charge is 0.496 e. The summed E-state index contributed by atoms with van der Waals surface area (Å²) in [5.41, 5.74) is 6.63. The van der Waals surface area contributed by atoms with E-state index in [9.17, 15) is 4.79 Å². The first-order valence-electron chi connectivity index (χ1n) is 7.12. The number of hydrogen-bond donors (Lipinski definition) is 1. The Morgan fingerprint density at radius 2 is 1.86 bits per heavy atom. The van der Waals surface area contributed by atoms with Gasteiger partial charge in [0.2, 0.25) is 5.91 Å². The molecule has 2 rings (SSSR count). The molecule has 2 aromatic rings. The number of nitrogens with one attached hydrogen (secondary N) is 1. The minimum Gasteiger partial charge on any atom is -0.496 e. The van der Waals surface area contributed by atoms with E-state index in [-0.39, 0.29) is 5.91 Å². The lowest BCUT2D eigenvalue weighted by Crippen LogP contribution is -2.19. The molecule has 0 atom stereocenters. The molecule has 22 heavy (non-hydrogen) atoms. The highest BCUT2D eigenvalue weighted by molar-refractivity contribution is 5.85. The van der Waals surface area contributed by atoms with Crippen LogP contribution in [0.25, 0.3) is 0 Å². The molecule has 1 amide bonds. The van der Waals surface area contributed by atoms with E-state index in [0.717, 1.165) is 28.0 Å². The average molecular weight is 296 g/mol. The van der Waals surface area contributed by atoms with Crippen molar-refractivity contribution in [2.24, 2.45) is 5.10 Å². The van der Waals surface area contributed by atoms with Crippen molar-refractivity contribution < 1.29 is 9.53 Å². The van der Waals surface area contributed by atoms with E-state index in [0.29, 0.717) is 6.42 Å². The van der Waals surface area contributed by atoms with Crippen LogP contribution in [0.15, 0.2) is 47.6 Å². The van der Waals surface area contributed by atoms with Crippen LogP contribution in [0, 0.1) is 13.8 Å². The van der Waals surface area contributed by atoms with Gasteiger partial charge in [-0.25, -0.2) is 5.43 Å². The SMILES string of the molecule is COc1ccc(C=NNC(=O)Cc2ccccc2)c(C)c1C. The standard InChI is InChI=1S/C18H20N2O2/c1-13-14(2)17(22-3)10-9-16(13)12-19-20-18(21)11-15-7-5-4-6-8-15/h4-10,12H,11H2,1-3H3,(H,20,21). The summed E-state index contributed by atoms with van der Waals surface area (Å²) in [6, 6.07) is 13.4. The van der Waals surface area contributed by atoms with Gasteiger partial charge in [-0.05, 0) is 48.2 Å². The Hall–Kier alpha value is -2.62. The van der Waals surface area contributed by atoms with Gasteiger partial charge in [-0.2, -0.15) is 5.10 Å². The van der Waals surface area contributed by atoms with Gasteiger partial charge in [-0.1, -0.05) is 30.3 Å². The third kappa shape index (κ3) is 3.95. The Balaban J connectivity index is 1.98. The number of hydrogen-bond acceptors (Lipinski definition) is 3. The van der Waals surface area contributed by atoms with E-state index in [2.05, 4.69) is 10.5 Å². The lowest BCUT2D eigenvalue weighted by atomic mass is 10.0. The van der Waals surface area contributed by atoms with Gasteiger partial charge in [0.1, 0.15) is 5.75 Å². The molecule has 0 aliphatic rings. The van der Waals surface area contributed by atoms with Gasteiger partial charge < -0.3 is 4.74 Å². The summed E-state index contributed by atoms with van der Waals surface area (Å²) < 4.78 is 5.28. The van der Waals surface area contributed by atoms with Crippen LogP contribution in [0.5, 0.6) is 5.75 Å². The highest BCUT2D eigenvalue weighted by Gasteiger charge is 2.05. The highest BCUT2D eigenvalue weighted by Crippen LogP contribution is 2.22. The minimum absolute atomic E-state index is 0.134. The van der Waals surface area contributed by atoms with Crippen LogP contribution in [0.4, 0.5) is 0 Å². The zero-order valence-electron chi connectivity index (χ0n) is 13.1. The van der Waals surface area contributed by atoms with Gasteiger partial charge >= 0.3 is 0 Å². The zero-order valence-corrected chi connectivity index (χ0v) is 13.1. The van der Waals surface area contributed by atoms with Crippen LogP contribution in [0.2, 0.25) is 0 Å². The maximum atomic E-state index is 11.8. The topological polar surface area (TPSA) is 50.7 Å². The maximum Gasteiger partial charge on any atom is 0.244 e. The quantitative estimate of drug-likeness (QED) is 0.681. The van der Waals surface area contributed by atoms with Crippen molar-refractivity contribution in [1.29, 1.82) is 0 Å². The summed E-state index contributed by atoms with van der Waals surface area (Å²) in [6.07, 6.45) is 1.98. The fourth-order valence-corrected chi connectivity index (χ4v) is 2.17. The molecule has 0 aliphatic heterocycles. The molecule has 0 radical (unpaired) electrons. The predicted molar refractivity (Wildman–Crippen MR) is 88.4 cm³/mol. The Morgan fingerprint density at radius 1 is 1.14 bits per heavy atom. The molecule has 0 unspecified atom stereocenters. The molecule has 0 saturated carbocycles. The first-order valence-corrected chi connectivity index (χ1v) is 7.12. The summed E-state index contributed by atoms with van der Waals surface area (Å²) in [5, 5.41) is 4.03. The van der Waals surface area contributed by atoms with Gasteiger partial charge in [0.15, 0.2) is 0 Å². The third-order valence-electron chi connectivity index (χ3n) is 3.60. The Kier molecular flexibility index (Phi) is 5.31. The molecule has 0 aromatic heterocycles.